The molecule has 9 heavy (non-hydrogen) atoms. The Labute approximate surface area is 55.3 Å². The lowest BCUT2D eigenvalue weighted by Crippen LogP contribution is -2.23. The van der Waals surface area contributed by atoms with E-state index in [-0.39, 0.29) is 12.7 Å². The molecule has 3 heteroatoms. The Balaban J connectivity index is 3.16. The molecule has 0 aromatic heterocycles. The van der Waals surface area contributed by atoms with Crippen LogP contribution in [0.5, 0.6) is 0 Å². The van der Waals surface area contributed by atoms with Gasteiger partial charge in [0.15, 0.2) is 0 Å². The quantitative estimate of drug-likeness (QED) is 0.558. The Morgan fingerprint density at radius 3 is 2.33 bits per heavy atom. The van der Waals surface area contributed by atoms with Crippen LogP contribution in [0.3, 0.4) is 0 Å². The zero-order chi connectivity index (χ0) is 7.28. The molecule has 0 bridgehead atoms. The number of aliphatic hydroxyl groups is 2. The second-order valence-corrected chi connectivity index (χ2v) is 2.04. The van der Waals surface area contributed by atoms with Crippen LogP contribution in [0.25, 0.3) is 0 Å². The van der Waals surface area contributed by atoms with E-state index < -0.39 is 6.10 Å². The van der Waals surface area contributed by atoms with E-state index in [1.165, 1.54) is 0 Å². The standard InChI is InChI=1S/C6H14O3/c1-5(8)6(2)9-4-3-7/h5-8H,3-4H2,1-2H3. The maximum absolute atomic E-state index is 8.84. The average molecular weight is 134 g/mol. The van der Waals surface area contributed by atoms with Crippen molar-refractivity contribution in [1.29, 1.82) is 0 Å². The van der Waals surface area contributed by atoms with Gasteiger partial charge in [-0.15, -0.1) is 0 Å². The van der Waals surface area contributed by atoms with Crippen LogP contribution in [0.15, 0.2) is 0 Å². The van der Waals surface area contributed by atoms with Crippen LogP contribution < -0.4 is 0 Å². The Bertz CT molecular complexity index is 63.3. The Morgan fingerprint density at radius 2 is 2.00 bits per heavy atom. The Hall–Kier alpha value is -0.120. The van der Waals surface area contributed by atoms with Crippen LogP contribution in [0, 0.1) is 0 Å². The van der Waals surface area contributed by atoms with E-state index in [1.807, 2.05) is 0 Å². The van der Waals surface area contributed by atoms with Crippen molar-refractivity contribution < 1.29 is 14.9 Å². The van der Waals surface area contributed by atoms with Gasteiger partial charge < -0.3 is 14.9 Å². The highest BCUT2D eigenvalue weighted by Crippen LogP contribution is 1.95. The summed E-state index contributed by atoms with van der Waals surface area (Å²) in [4.78, 5) is 0. The van der Waals surface area contributed by atoms with E-state index in [4.69, 9.17) is 14.9 Å². The van der Waals surface area contributed by atoms with Gasteiger partial charge in [-0.1, -0.05) is 0 Å². The summed E-state index contributed by atoms with van der Waals surface area (Å²) in [5, 5.41) is 17.1. The van der Waals surface area contributed by atoms with Crippen LogP contribution in [0.2, 0.25) is 0 Å². The molecule has 0 aromatic rings. The molecule has 0 saturated carbocycles. The summed E-state index contributed by atoms with van der Waals surface area (Å²) >= 11 is 0. The van der Waals surface area contributed by atoms with Crippen LogP contribution in [-0.4, -0.2) is 35.6 Å². The lowest BCUT2D eigenvalue weighted by molar-refractivity contribution is -0.0297. The van der Waals surface area contributed by atoms with Gasteiger partial charge >= 0.3 is 0 Å². The topological polar surface area (TPSA) is 49.7 Å². The second kappa shape index (κ2) is 4.73. The number of hydrogen-bond donors (Lipinski definition) is 2. The van der Waals surface area contributed by atoms with Gasteiger partial charge in [-0.3, -0.25) is 0 Å². The van der Waals surface area contributed by atoms with Crippen LogP contribution in [0.4, 0.5) is 0 Å². The van der Waals surface area contributed by atoms with Crippen molar-refractivity contribution >= 4 is 0 Å². The highest BCUT2D eigenvalue weighted by Gasteiger charge is 2.06. The summed E-state index contributed by atoms with van der Waals surface area (Å²) in [6.45, 7) is 3.73. The zero-order valence-corrected chi connectivity index (χ0v) is 5.87. The minimum atomic E-state index is -0.462. The highest BCUT2D eigenvalue weighted by molar-refractivity contribution is 4.55. The van der Waals surface area contributed by atoms with Crippen molar-refractivity contribution in [3.05, 3.63) is 0 Å². The van der Waals surface area contributed by atoms with E-state index in [9.17, 15) is 0 Å². The summed E-state index contributed by atoms with van der Waals surface area (Å²) in [7, 11) is 0. The van der Waals surface area contributed by atoms with Crippen LogP contribution >= 0.6 is 0 Å². The highest BCUT2D eigenvalue weighted by atomic mass is 16.5. The minimum absolute atomic E-state index is 0.0110. The van der Waals surface area contributed by atoms with Gasteiger partial charge in [0.1, 0.15) is 0 Å². The fourth-order valence-electron chi connectivity index (χ4n) is 0.378. The molecule has 0 fully saturated rings. The SMILES string of the molecule is CC(O)C(C)OCCO. The first-order valence-corrected chi connectivity index (χ1v) is 3.09. The van der Waals surface area contributed by atoms with Gasteiger partial charge in [-0.25, -0.2) is 0 Å². The largest absolute Gasteiger partial charge is 0.394 e. The molecular weight excluding hydrogens is 120 g/mol. The van der Waals surface area contributed by atoms with Gasteiger partial charge in [0.25, 0.3) is 0 Å². The molecular formula is C6H14O3. The summed E-state index contributed by atoms with van der Waals surface area (Å²) in [6.07, 6.45) is -0.645. The van der Waals surface area contributed by atoms with Crippen molar-refractivity contribution in [1.82, 2.24) is 0 Å². The molecule has 0 aliphatic carbocycles. The smallest absolute Gasteiger partial charge is 0.0804 e. The Morgan fingerprint density at radius 1 is 1.44 bits per heavy atom. The van der Waals surface area contributed by atoms with E-state index in [1.54, 1.807) is 13.8 Å². The van der Waals surface area contributed by atoms with Gasteiger partial charge in [-0.2, -0.15) is 0 Å². The molecule has 0 spiro atoms. The van der Waals surface area contributed by atoms with Gasteiger partial charge in [0, 0.05) is 0 Å². The summed E-state index contributed by atoms with van der Waals surface area (Å²) in [6, 6.07) is 0. The Kier molecular flexibility index (Phi) is 4.67. The molecule has 0 saturated heterocycles. The molecule has 0 aliphatic heterocycles. The zero-order valence-electron chi connectivity index (χ0n) is 5.87. The lowest BCUT2D eigenvalue weighted by Gasteiger charge is -2.14. The van der Waals surface area contributed by atoms with Gasteiger partial charge in [0.05, 0.1) is 25.4 Å². The maximum atomic E-state index is 8.84. The molecule has 0 rings (SSSR count). The average Bonchev–Trinajstić information content (AvgIpc) is 1.82. The summed E-state index contributed by atoms with van der Waals surface area (Å²) < 4.78 is 4.95. The van der Waals surface area contributed by atoms with E-state index in [2.05, 4.69) is 0 Å². The lowest BCUT2D eigenvalue weighted by atomic mass is 10.3. The van der Waals surface area contributed by atoms with Crippen molar-refractivity contribution in [2.24, 2.45) is 0 Å². The van der Waals surface area contributed by atoms with Gasteiger partial charge in [-0.05, 0) is 13.8 Å². The number of hydrogen-bond acceptors (Lipinski definition) is 3. The molecule has 0 amide bonds. The predicted octanol–water partition coefficient (Wildman–Crippen LogP) is -0.235. The minimum Gasteiger partial charge on any atom is -0.394 e. The molecule has 0 aromatic carbocycles. The summed E-state index contributed by atoms with van der Waals surface area (Å²) in [5.41, 5.74) is 0. The van der Waals surface area contributed by atoms with E-state index in [0.717, 1.165) is 0 Å². The van der Waals surface area contributed by atoms with Crippen LogP contribution in [-0.2, 0) is 4.74 Å². The van der Waals surface area contributed by atoms with Crippen molar-refractivity contribution in [2.45, 2.75) is 26.1 Å². The fraction of sp³-hybridized carbons (Fsp3) is 1.00. The van der Waals surface area contributed by atoms with E-state index >= 15 is 0 Å². The van der Waals surface area contributed by atoms with E-state index in [0.29, 0.717) is 6.61 Å². The summed E-state index contributed by atoms with van der Waals surface area (Å²) in [5.74, 6) is 0. The molecule has 3 nitrogen and oxygen atoms in total. The molecule has 56 valence electrons. The molecule has 2 atom stereocenters. The van der Waals surface area contributed by atoms with Crippen LogP contribution in [0.1, 0.15) is 13.8 Å². The third-order valence-corrected chi connectivity index (χ3v) is 1.15. The molecule has 0 heterocycles. The van der Waals surface area contributed by atoms with Gasteiger partial charge in [0.2, 0.25) is 0 Å². The molecule has 2 unspecified atom stereocenters. The molecule has 0 radical (unpaired) electrons. The number of rotatable bonds is 4. The third-order valence-electron chi connectivity index (χ3n) is 1.15. The fourth-order valence-corrected chi connectivity index (χ4v) is 0.378. The first kappa shape index (κ1) is 8.88. The monoisotopic (exact) mass is 134 g/mol. The molecule has 0 aliphatic rings. The number of ether oxygens (including phenoxy) is 1. The number of aliphatic hydroxyl groups excluding tert-OH is 2. The van der Waals surface area contributed by atoms with Crippen molar-refractivity contribution in [3.63, 3.8) is 0 Å². The van der Waals surface area contributed by atoms with Crippen molar-refractivity contribution in [3.8, 4) is 0 Å². The normalized spacial score (nSPS) is 17.3. The first-order valence-electron chi connectivity index (χ1n) is 3.09. The molecule has 2 N–H and O–H groups in total. The predicted molar refractivity (Wildman–Crippen MR) is 34.2 cm³/mol. The van der Waals surface area contributed by atoms with Crippen molar-refractivity contribution in [2.75, 3.05) is 13.2 Å². The maximum Gasteiger partial charge on any atom is 0.0804 e. The second-order valence-electron chi connectivity index (χ2n) is 2.04. The first-order chi connectivity index (χ1) is 4.18. The third kappa shape index (κ3) is 4.39.